The van der Waals surface area contributed by atoms with E-state index in [0.717, 1.165) is 23.8 Å². The van der Waals surface area contributed by atoms with Crippen LogP contribution in [0.4, 0.5) is 0 Å². The standard InChI is InChI=1S/C21H25N5O4S/c1-3-4-11-30-16-5-8-18(9-6-16)31(27,28)26-14-15(12-21-22-24-25-23-21)19-13-17(29-2)7-10-20(19)26/h5-10,13-14,24-25H,3-4,11-12H2,1-2H3,(H,22,23). The van der Waals surface area contributed by atoms with Gasteiger partial charge in [-0.3, -0.25) is 5.43 Å². The Bertz CT molecular complexity index is 1200. The van der Waals surface area contributed by atoms with Gasteiger partial charge in [0.15, 0.2) is 0 Å². The third kappa shape index (κ3) is 4.30. The number of hydrazone groups is 1. The number of unbranched alkanes of at least 4 members (excludes halogenated alkanes) is 1. The highest BCUT2D eigenvalue weighted by Crippen LogP contribution is 2.30. The van der Waals surface area contributed by atoms with Crippen LogP contribution < -0.4 is 26.0 Å². The molecular weight excluding hydrogens is 418 g/mol. The van der Waals surface area contributed by atoms with E-state index < -0.39 is 10.0 Å². The number of rotatable bonds is 9. The molecular formula is C21H25N5O4S. The van der Waals surface area contributed by atoms with Crippen LogP contribution in [-0.2, 0) is 16.4 Å². The fourth-order valence-electron chi connectivity index (χ4n) is 3.36. The zero-order chi connectivity index (χ0) is 21.8. The van der Waals surface area contributed by atoms with E-state index in [1.165, 1.54) is 3.97 Å². The number of hydrazine groups is 2. The minimum Gasteiger partial charge on any atom is -0.497 e. The molecule has 164 valence electrons. The van der Waals surface area contributed by atoms with E-state index in [-0.39, 0.29) is 4.90 Å². The lowest BCUT2D eigenvalue weighted by atomic mass is 10.1. The highest BCUT2D eigenvalue weighted by molar-refractivity contribution is 7.90. The molecule has 0 radical (unpaired) electrons. The van der Waals surface area contributed by atoms with Crippen LogP contribution in [0.2, 0.25) is 0 Å². The number of aromatic nitrogens is 1. The number of methoxy groups -OCH3 is 1. The van der Waals surface area contributed by atoms with E-state index >= 15 is 0 Å². The van der Waals surface area contributed by atoms with Crippen molar-refractivity contribution in [2.75, 3.05) is 13.7 Å². The molecule has 0 saturated heterocycles. The molecule has 0 saturated carbocycles. The van der Waals surface area contributed by atoms with Crippen molar-refractivity contribution in [3.05, 3.63) is 54.2 Å². The molecule has 2 heterocycles. The van der Waals surface area contributed by atoms with Crippen molar-refractivity contribution >= 4 is 26.8 Å². The lowest BCUT2D eigenvalue weighted by molar-refractivity contribution is 0.309. The third-order valence-electron chi connectivity index (χ3n) is 5.02. The van der Waals surface area contributed by atoms with Gasteiger partial charge in [0.1, 0.15) is 17.3 Å². The van der Waals surface area contributed by atoms with E-state index in [1.807, 2.05) is 6.07 Å². The van der Waals surface area contributed by atoms with Crippen LogP contribution in [0.5, 0.6) is 11.5 Å². The Morgan fingerprint density at radius 2 is 1.87 bits per heavy atom. The molecule has 0 atom stereocenters. The van der Waals surface area contributed by atoms with Gasteiger partial charge >= 0.3 is 0 Å². The van der Waals surface area contributed by atoms with Gasteiger partial charge in [-0.2, -0.15) is 0 Å². The van der Waals surface area contributed by atoms with Crippen LogP contribution in [-0.4, -0.2) is 31.9 Å². The van der Waals surface area contributed by atoms with Crippen molar-refractivity contribution < 1.29 is 17.9 Å². The van der Waals surface area contributed by atoms with Crippen LogP contribution in [0.15, 0.2) is 58.7 Å². The van der Waals surface area contributed by atoms with E-state index in [1.54, 1.807) is 49.7 Å². The summed E-state index contributed by atoms with van der Waals surface area (Å²) in [6.45, 7) is 2.70. The molecule has 0 amide bonds. The Hall–Kier alpha value is -3.24. The van der Waals surface area contributed by atoms with Crippen LogP contribution in [0.1, 0.15) is 25.3 Å². The Kier molecular flexibility index (Phi) is 6.01. The largest absolute Gasteiger partial charge is 0.497 e. The summed E-state index contributed by atoms with van der Waals surface area (Å²) < 4.78 is 39.2. The molecule has 1 aliphatic rings. The second kappa shape index (κ2) is 8.86. The van der Waals surface area contributed by atoms with Crippen molar-refractivity contribution in [2.24, 2.45) is 5.10 Å². The molecule has 4 rings (SSSR count). The number of hydrogen-bond donors (Lipinski definition) is 3. The van der Waals surface area contributed by atoms with Gasteiger partial charge in [-0.05, 0) is 54.4 Å². The molecule has 2 aromatic carbocycles. The monoisotopic (exact) mass is 443 g/mol. The average Bonchev–Trinajstić information content (AvgIpc) is 3.42. The normalized spacial score (nSPS) is 13.5. The summed E-state index contributed by atoms with van der Waals surface area (Å²) in [6, 6.07) is 11.8. The van der Waals surface area contributed by atoms with Crippen molar-refractivity contribution in [2.45, 2.75) is 31.1 Å². The summed E-state index contributed by atoms with van der Waals surface area (Å²) in [7, 11) is -2.23. The van der Waals surface area contributed by atoms with E-state index in [2.05, 4.69) is 28.5 Å². The zero-order valence-electron chi connectivity index (χ0n) is 17.4. The minimum absolute atomic E-state index is 0.189. The van der Waals surface area contributed by atoms with Gasteiger partial charge in [-0.25, -0.2) is 17.9 Å². The van der Waals surface area contributed by atoms with Gasteiger partial charge in [0.05, 0.1) is 24.1 Å². The maximum atomic E-state index is 13.4. The molecule has 0 bridgehead atoms. The molecule has 10 heteroatoms. The number of fused-ring (bicyclic) bond motifs is 1. The lowest BCUT2D eigenvalue weighted by Gasteiger charge is -2.10. The minimum atomic E-state index is -3.81. The van der Waals surface area contributed by atoms with Crippen molar-refractivity contribution in [1.82, 2.24) is 20.5 Å². The topological polar surface area (TPSA) is 106 Å². The number of ether oxygens (including phenoxy) is 2. The number of amidine groups is 1. The lowest BCUT2D eigenvalue weighted by Crippen LogP contribution is -2.35. The first kappa shape index (κ1) is 21.0. The van der Waals surface area contributed by atoms with E-state index in [0.29, 0.717) is 35.9 Å². The van der Waals surface area contributed by atoms with Crippen molar-refractivity contribution in [3.8, 4) is 11.5 Å². The molecule has 1 aliphatic heterocycles. The smallest absolute Gasteiger partial charge is 0.268 e. The second-order valence-electron chi connectivity index (χ2n) is 7.11. The maximum Gasteiger partial charge on any atom is 0.268 e. The van der Waals surface area contributed by atoms with Gasteiger partial charge in [-0.1, -0.05) is 13.3 Å². The van der Waals surface area contributed by atoms with Crippen molar-refractivity contribution in [1.29, 1.82) is 0 Å². The predicted molar refractivity (Wildman–Crippen MR) is 118 cm³/mol. The summed E-state index contributed by atoms with van der Waals surface area (Å²) in [5.74, 6) is 1.95. The Morgan fingerprint density at radius 3 is 2.55 bits per heavy atom. The molecule has 0 fully saturated rings. The molecule has 1 aromatic heterocycles. The molecule has 31 heavy (non-hydrogen) atoms. The van der Waals surface area contributed by atoms with Gasteiger partial charge in [0, 0.05) is 18.0 Å². The fourth-order valence-corrected chi connectivity index (χ4v) is 4.75. The van der Waals surface area contributed by atoms with Gasteiger partial charge in [0.2, 0.25) is 0 Å². The van der Waals surface area contributed by atoms with Gasteiger partial charge < -0.3 is 9.47 Å². The summed E-state index contributed by atoms with van der Waals surface area (Å²) in [5, 5.41) is 4.87. The van der Waals surface area contributed by atoms with Gasteiger partial charge in [-0.15, -0.1) is 10.6 Å². The number of hydrogen-bond acceptors (Lipinski definition) is 8. The summed E-state index contributed by atoms with van der Waals surface area (Å²) >= 11 is 0. The zero-order valence-corrected chi connectivity index (χ0v) is 18.2. The summed E-state index contributed by atoms with van der Waals surface area (Å²) in [5.41, 5.74) is 9.56. The molecule has 0 aliphatic carbocycles. The molecule has 0 unspecified atom stereocenters. The molecule has 3 N–H and O–H groups in total. The number of nitrogens with one attached hydrogen (secondary N) is 3. The highest BCUT2D eigenvalue weighted by Gasteiger charge is 2.23. The van der Waals surface area contributed by atoms with Crippen molar-refractivity contribution in [3.63, 3.8) is 0 Å². The highest BCUT2D eigenvalue weighted by atomic mass is 32.2. The quantitative estimate of drug-likeness (QED) is 0.437. The predicted octanol–water partition coefficient (Wildman–Crippen LogP) is 2.53. The third-order valence-corrected chi connectivity index (χ3v) is 6.71. The van der Waals surface area contributed by atoms with Crippen LogP contribution >= 0.6 is 0 Å². The first-order valence-electron chi connectivity index (χ1n) is 10.0. The van der Waals surface area contributed by atoms with Crippen LogP contribution in [0, 0.1) is 0 Å². The molecule has 0 spiro atoms. The van der Waals surface area contributed by atoms with Gasteiger partial charge in [0.25, 0.3) is 10.0 Å². The average molecular weight is 444 g/mol. The second-order valence-corrected chi connectivity index (χ2v) is 8.92. The number of nitrogens with zero attached hydrogens (tertiary/aromatic N) is 2. The SMILES string of the molecule is CCCCOc1ccc(S(=O)(=O)n2cc(CC3=NNNN3)c3cc(OC)ccc32)cc1. The Morgan fingerprint density at radius 1 is 1.10 bits per heavy atom. The Labute approximate surface area is 181 Å². The Balaban J connectivity index is 1.72. The van der Waals surface area contributed by atoms with E-state index in [9.17, 15) is 8.42 Å². The van der Waals surface area contributed by atoms with Crippen LogP contribution in [0.25, 0.3) is 10.9 Å². The number of benzene rings is 2. The first-order valence-corrected chi connectivity index (χ1v) is 11.5. The molecule has 9 nitrogen and oxygen atoms in total. The van der Waals surface area contributed by atoms with E-state index in [4.69, 9.17) is 9.47 Å². The molecule has 3 aromatic rings. The first-order chi connectivity index (χ1) is 15.0. The fraction of sp³-hybridized carbons (Fsp3) is 0.286. The maximum absolute atomic E-state index is 13.4. The summed E-state index contributed by atoms with van der Waals surface area (Å²) in [4.78, 5) is 0.189. The summed E-state index contributed by atoms with van der Waals surface area (Å²) in [6.07, 6.45) is 4.03. The van der Waals surface area contributed by atoms with Crippen LogP contribution in [0.3, 0.4) is 0 Å².